The van der Waals surface area contributed by atoms with E-state index in [9.17, 15) is 4.79 Å². The van der Waals surface area contributed by atoms with E-state index in [-0.39, 0.29) is 18.6 Å². The third-order valence-corrected chi connectivity index (χ3v) is 2.02. The van der Waals surface area contributed by atoms with E-state index in [1.54, 1.807) is 0 Å². The van der Waals surface area contributed by atoms with Crippen molar-refractivity contribution in [3.05, 3.63) is 10.4 Å². The molecule has 0 spiro atoms. The molecular weight excluding hydrogens is 202 g/mol. The van der Waals surface area contributed by atoms with Crippen LogP contribution in [0.1, 0.15) is 13.3 Å². The zero-order valence-electron chi connectivity index (χ0n) is 8.62. The summed E-state index contributed by atoms with van der Waals surface area (Å²) < 4.78 is 15.4. The average Bonchev–Trinajstić information content (AvgIpc) is 2.56. The van der Waals surface area contributed by atoms with Gasteiger partial charge in [0.2, 0.25) is 0 Å². The van der Waals surface area contributed by atoms with Crippen molar-refractivity contribution in [3.8, 4) is 0 Å². The van der Waals surface area contributed by atoms with E-state index in [4.69, 9.17) is 19.7 Å². The Balaban J connectivity index is 2.50. The Morgan fingerprint density at radius 3 is 3.00 bits per heavy atom. The topological polar surface area (TPSA) is 93.5 Å². The Morgan fingerprint density at radius 1 is 1.73 bits per heavy atom. The molecule has 1 unspecified atom stereocenters. The van der Waals surface area contributed by atoms with Crippen LogP contribution in [0.15, 0.2) is 5.11 Å². The molecule has 0 N–H and O–H groups in total. The van der Waals surface area contributed by atoms with Crippen molar-refractivity contribution in [1.29, 1.82) is 0 Å². The van der Waals surface area contributed by atoms with E-state index in [0.29, 0.717) is 6.42 Å². The molecule has 1 fully saturated rings. The van der Waals surface area contributed by atoms with Gasteiger partial charge in [0.25, 0.3) is 0 Å². The van der Waals surface area contributed by atoms with Crippen molar-refractivity contribution in [2.24, 2.45) is 5.11 Å². The first-order chi connectivity index (χ1) is 7.17. The third-order valence-electron chi connectivity index (χ3n) is 2.02. The quantitative estimate of drug-likeness (QED) is 0.302. The molecule has 0 amide bonds. The van der Waals surface area contributed by atoms with Gasteiger partial charge >= 0.3 is 5.97 Å². The van der Waals surface area contributed by atoms with Crippen LogP contribution >= 0.6 is 0 Å². The van der Waals surface area contributed by atoms with Gasteiger partial charge in [-0.15, -0.1) is 0 Å². The summed E-state index contributed by atoms with van der Waals surface area (Å²) in [7, 11) is 1.47. The maximum Gasteiger partial charge on any atom is 0.303 e. The number of esters is 1. The second-order valence-corrected chi connectivity index (χ2v) is 3.16. The predicted octanol–water partition coefficient (Wildman–Crippen LogP) is 0.990. The fraction of sp³-hybridized carbons (Fsp3) is 0.875. The van der Waals surface area contributed by atoms with Crippen molar-refractivity contribution >= 4 is 5.97 Å². The monoisotopic (exact) mass is 215 g/mol. The van der Waals surface area contributed by atoms with Crippen LogP contribution in [0.5, 0.6) is 0 Å². The number of hydrogen-bond acceptors (Lipinski definition) is 5. The number of rotatable bonds is 4. The largest absolute Gasteiger partial charge is 0.457 e. The van der Waals surface area contributed by atoms with Crippen molar-refractivity contribution in [1.82, 2.24) is 0 Å². The molecule has 0 radical (unpaired) electrons. The highest BCUT2D eigenvalue weighted by atomic mass is 16.7. The lowest BCUT2D eigenvalue weighted by molar-refractivity contribution is -0.175. The number of carbonyl (C=O) groups excluding carboxylic acids is 1. The first-order valence-electron chi connectivity index (χ1n) is 4.53. The molecule has 84 valence electrons. The summed E-state index contributed by atoms with van der Waals surface area (Å²) in [5.41, 5.74) is 8.15. The lowest BCUT2D eigenvalue weighted by atomic mass is 10.2. The molecule has 0 aromatic heterocycles. The molecular formula is C8H13N3O4. The molecule has 0 bridgehead atoms. The smallest absolute Gasteiger partial charge is 0.303 e. The molecule has 1 aliphatic heterocycles. The Kier molecular flexibility index (Phi) is 4.36. The molecule has 1 heterocycles. The summed E-state index contributed by atoms with van der Waals surface area (Å²) in [5.74, 6) is -0.380. The normalized spacial score (nSPS) is 29.6. The molecule has 0 aliphatic carbocycles. The Bertz CT molecular complexity index is 277. The van der Waals surface area contributed by atoms with Crippen LogP contribution in [-0.2, 0) is 19.0 Å². The minimum absolute atomic E-state index is 0.216. The molecule has 0 saturated carbocycles. The molecule has 7 nitrogen and oxygen atoms in total. The Hall–Kier alpha value is -1.30. The van der Waals surface area contributed by atoms with Crippen LogP contribution in [0.3, 0.4) is 0 Å². The number of carbonyl (C=O) groups is 1. The highest BCUT2D eigenvalue weighted by Gasteiger charge is 2.37. The van der Waals surface area contributed by atoms with Crippen LogP contribution in [0.2, 0.25) is 0 Å². The highest BCUT2D eigenvalue weighted by Crippen LogP contribution is 2.24. The van der Waals surface area contributed by atoms with Crippen LogP contribution < -0.4 is 0 Å². The van der Waals surface area contributed by atoms with Gasteiger partial charge in [-0.3, -0.25) is 4.79 Å². The molecule has 7 heteroatoms. The number of hydrogen-bond donors (Lipinski definition) is 0. The summed E-state index contributed by atoms with van der Waals surface area (Å²) in [5, 5.41) is 3.40. The van der Waals surface area contributed by atoms with E-state index in [1.807, 2.05) is 0 Å². The van der Waals surface area contributed by atoms with Crippen molar-refractivity contribution in [2.45, 2.75) is 31.8 Å². The summed E-state index contributed by atoms with van der Waals surface area (Å²) in [6, 6.07) is 0. The molecule has 15 heavy (non-hydrogen) atoms. The van der Waals surface area contributed by atoms with Crippen LogP contribution in [-0.4, -0.2) is 38.1 Å². The minimum atomic E-state index is -0.576. The standard InChI is InChI=1S/C8H13N3O4/c1-5(12)14-7-3-6(4-10-11-9)15-8(7)13-2/h6-8H,3-4H2,1-2H3/t6-,7-,8?/m1/s1. The van der Waals surface area contributed by atoms with Crippen LogP contribution in [0.4, 0.5) is 0 Å². The van der Waals surface area contributed by atoms with Gasteiger partial charge in [0.1, 0.15) is 0 Å². The van der Waals surface area contributed by atoms with Crippen LogP contribution in [0, 0.1) is 0 Å². The van der Waals surface area contributed by atoms with E-state index < -0.39 is 12.4 Å². The summed E-state index contributed by atoms with van der Waals surface area (Å²) in [4.78, 5) is 13.4. The number of methoxy groups -OCH3 is 1. The molecule has 3 atom stereocenters. The Morgan fingerprint density at radius 2 is 2.47 bits per heavy atom. The molecule has 0 aromatic rings. The highest BCUT2D eigenvalue weighted by molar-refractivity contribution is 5.66. The second-order valence-electron chi connectivity index (χ2n) is 3.16. The van der Waals surface area contributed by atoms with Gasteiger partial charge < -0.3 is 14.2 Å². The van der Waals surface area contributed by atoms with Gasteiger partial charge in [-0.2, -0.15) is 0 Å². The fourth-order valence-corrected chi connectivity index (χ4v) is 1.47. The van der Waals surface area contributed by atoms with Gasteiger partial charge in [0, 0.05) is 25.4 Å². The molecule has 1 aliphatic rings. The average molecular weight is 215 g/mol. The molecule has 1 rings (SSSR count). The zero-order chi connectivity index (χ0) is 11.3. The first kappa shape index (κ1) is 11.8. The first-order valence-corrected chi connectivity index (χ1v) is 4.53. The van der Waals surface area contributed by atoms with Gasteiger partial charge in [0.15, 0.2) is 12.4 Å². The fourth-order valence-electron chi connectivity index (χ4n) is 1.47. The number of nitrogens with zero attached hydrogens (tertiary/aromatic N) is 3. The lowest BCUT2D eigenvalue weighted by Gasteiger charge is -2.15. The van der Waals surface area contributed by atoms with Gasteiger partial charge in [0.05, 0.1) is 12.6 Å². The Labute approximate surface area is 86.9 Å². The van der Waals surface area contributed by atoms with E-state index in [1.165, 1.54) is 14.0 Å². The molecule has 0 aromatic carbocycles. The van der Waals surface area contributed by atoms with Crippen molar-refractivity contribution < 1.29 is 19.0 Å². The van der Waals surface area contributed by atoms with E-state index in [2.05, 4.69) is 10.0 Å². The van der Waals surface area contributed by atoms with Gasteiger partial charge in [-0.05, 0) is 5.53 Å². The van der Waals surface area contributed by atoms with Crippen molar-refractivity contribution in [2.75, 3.05) is 13.7 Å². The van der Waals surface area contributed by atoms with Crippen molar-refractivity contribution in [3.63, 3.8) is 0 Å². The molecule has 1 saturated heterocycles. The van der Waals surface area contributed by atoms with Gasteiger partial charge in [-0.25, -0.2) is 0 Å². The number of azide groups is 1. The summed E-state index contributed by atoms with van der Waals surface area (Å²) in [6.45, 7) is 1.54. The van der Waals surface area contributed by atoms with E-state index >= 15 is 0 Å². The van der Waals surface area contributed by atoms with E-state index in [0.717, 1.165) is 0 Å². The predicted molar refractivity (Wildman–Crippen MR) is 49.9 cm³/mol. The zero-order valence-corrected chi connectivity index (χ0v) is 8.62. The van der Waals surface area contributed by atoms with Gasteiger partial charge in [-0.1, -0.05) is 5.11 Å². The third kappa shape index (κ3) is 3.39. The maximum absolute atomic E-state index is 10.8. The summed E-state index contributed by atoms with van der Waals surface area (Å²) in [6.07, 6.45) is -0.772. The maximum atomic E-state index is 10.8. The lowest BCUT2D eigenvalue weighted by Crippen LogP contribution is -2.27. The SMILES string of the molecule is COC1O[C@@H](CN=[N+]=[N-])C[C@H]1OC(C)=O. The van der Waals surface area contributed by atoms with Crippen LogP contribution in [0.25, 0.3) is 10.4 Å². The summed E-state index contributed by atoms with van der Waals surface area (Å²) >= 11 is 0. The minimum Gasteiger partial charge on any atom is -0.457 e. The second kappa shape index (κ2) is 5.55. The number of ether oxygens (including phenoxy) is 3.